The minimum atomic E-state index is -0.529. The van der Waals surface area contributed by atoms with Gasteiger partial charge in [-0.3, -0.25) is 9.69 Å². The lowest BCUT2D eigenvalue weighted by Crippen LogP contribution is -2.70. The van der Waals surface area contributed by atoms with Gasteiger partial charge in [-0.05, 0) is 93.3 Å². The zero-order chi connectivity index (χ0) is 24.6. The van der Waals surface area contributed by atoms with E-state index in [9.17, 15) is 9.90 Å². The van der Waals surface area contributed by atoms with Gasteiger partial charge in [-0.2, -0.15) is 0 Å². The van der Waals surface area contributed by atoms with Crippen LogP contribution in [0.3, 0.4) is 0 Å². The van der Waals surface area contributed by atoms with Crippen LogP contribution in [0.25, 0.3) is 0 Å². The highest BCUT2D eigenvalue weighted by atomic mass is 16.7. The maximum atomic E-state index is 14.1. The number of rotatable bonds is 5. The molecular formula is C30H47NO4. The van der Waals surface area contributed by atoms with E-state index in [0.717, 1.165) is 32.1 Å². The van der Waals surface area contributed by atoms with Gasteiger partial charge in [-0.25, -0.2) is 0 Å². The predicted molar refractivity (Wildman–Crippen MR) is 134 cm³/mol. The van der Waals surface area contributed by atoms with Crippen molar-refractivity contribution < 1.29 is 19.4 Å². The second-order valence-corrected chi connectivity index (χ2v) is 14.8. The van der Waals surface area contributed by atoms with Crippen molar-refractivity contribution in [2.75, 3.05) is 13.2 Å². The normalized spacial score (nSPS) is 59.8. The maximum Gasteiger partial charge on any atom is 0.166 e. The summed E-state index contributed by atoms with van der Waals surface area (Å²) in [5, 5.41) is 11.7. The van der Waals surface area contributed by atoms with Crippen LogP contribution in [0.1, 0.15) is 98.8 Å². The summed E-state index contributed by atoms with van der Waals surface area (Å²) in [6.07, 6.45) is 10.4. The van der Waals surface area contributed by atoms with E-state index < -0.39 is 11.2 Å². The number of aliphatic hydroxyl groups excluding tert-OH is 1. The summed E-state index contributed by atoms with van der Waals surface area (Å²) < 4.78 is 12.4. The molecule has 1 spiro atoms. The zero-order valence-corrected chi connectivity index (χ0v) is 22.6. The molecule has 5 aliphatic heterocycles. The second kappa shape index (κ2) is 7.12. The number of carbonyl (C=O) groups excluding carboxylic acids is 1. The number of aliphatic hydroxyl groups is 1. The Morgan fingerprint density at radius 2 is 1.91 bits per heavy atom. The number of ketones is 1. The van der Waals surface area contributed by atoms with Crippen LogP contribution < -0.4 is 0 Å². The zero-order valence-electron chi connectivity index (χ0n) is 22.6. The van der Waals surface area contributed by atoms with Crippen LogP contribution in [0.4, 0.5) is 0 Å². The van der Waals surface area contributed by atoms with Crippen LogP contribution in [0, 0.1) is 39.9 Å². The molecule has 5 heteroatoms. The van der Waals surface area contributed by atoms with E-state index in [-0.39, 0.29) is 28.6 Å². The summed E-state index contributed by atoms with van der Waals surface area (Å²) >= 11 is 0. The van der Waals surface area contributed by atoms with Gasteiger partial charge in [0.2, 0.25) is 0 Å². The quantitative estimate of drug-likeness (QED) is 0.598. The van der Waals surface area contributed by atoms with Gasteiger partial charge in [0.25, 0.3) is 0 Å². The third-order valence-electron chi connectivity index (χ3n) is 13.5. The molecular weight excluding hydrogens is 438 g/mol. The number of carbonyl (C=O) groups is 1. The summed E-state index contributed by atoms with van der Waals surface area (Å²) in [5.74, 6) is 2.26. The van der Waals surface area contributed by atoms with Crippen molar-refractivity contribution in [3.05, 3.63) is 0 Å². The highest BCUT2D eigenvalue weighted by Crippen LogP contribution is 2.79. The molecule has 5 heterocycles. The van der Waals surface area contributed by atoms with Gasteiger partial charge in [-0.15, -0.1) is 0 Å². The SMILES string of the molecule is CC(C)C1CC[C@@]2(C)C3CC(O)[C@]45CCCC4[C@@]2(CCC(=O)[C@]2(C)CO[C@@]4(C)CCC2O4)C1N5C3. The van der Waals surface area contributed by atoms with Crippen LogP contribution in [0.15, 0.2) is 0 Å². The van der Waals surface area contributed by atoms with Crippen LogP contribution in [-0.2, 0) is 14.3 Å². The molecule has 12 atom stereocenters. The molecule has 5 nitrogen and oxygen atoms in total. The molecule has 0 radical (unpaired) electrons. The van der Waals surface area contributed by atoms with Crippen molar-refractivity contribution >= 4 is 5.78 Å². The van der Waals surface area contributed by atoms with E-state index >= 15 is 0 Å². The van der Waals surface area contributed by atoms with E-state index in [4.69, 9.17) is 9.47 Å². The Morgan fingerprint density at radius 3 is 2.69 bits per heavy atom. The highest BCUT2D eigenvalue weighted by Gasteiger charge is 2.81. The third kappa shape index (κ3) is 2.58. The molecule has 7 fully saturated rings. The minimum Gasteiger partial charge on any atom is -0.391 e. The predicted octanol–water partition coefficient (Wildman–Crippen LogP) is 4.94. The molecule has 7 unspecified atom stereocenters. The average Bonchev–Trinajstić information content (AvgIpc) is 3.44. The Kier molecular flexibility index (Phi) is 4.81. The van der Waals surface area contributed by atoms with Crippen LogP contribution in [0.2, 0.25) is 0 Å². The fourth-order valence-corrected chi connectivity index (χ4v) is 11.6. The van der Waals surface area contributed by atoms with Crippen molar-refractivity contribution in [2.45, 2.75) is 128 Å². The maximum absolute atomic E-state index is 14.1. The monoisotopic (exact) mass is 485 g/mol. The summed E-state index contributed by atoms with van der Waals surface area (Å²) in [5.41, 5.74) is -0.198. The van der Waals surface area contributed by atoms with Crippen molar-refractivity contribution in [1.82, 2.24) is 4.90 Å². The fraction of sp³-hybridized carbons (Fsp3) is 0.967. The number of fused-ring (bicyclic) bond motifs is 4. The van der Waals surface area contributed by atoms with Gasteiger partial charge in [0.15, 0.2) is 5.79 Å². The summed E-state index contributed by atoms with van der Waals surface area (Å²) in [4.78, 5) is 16.9. The molecule has 7 rings (SSSR count). The van der Waals surface area contributed by atoms with Gasteiger partial charge in [0.05, 0.1) is 29.8 Å². The smallest absolute Gasteiger partial charge is 0.166 e. The molecule has 196 valence electrons. The number of hydrogen-bond acceptors (Lipinski definition) is 5. The second-order valence-electron chi connectivity index (χ2n) is 14.8. The molecule has 2 aliphatic carbocycles. The summed E-state index contributed by atoms with van der Waals surface area (Å²) in [6, 6.07) is 0.520. The number of piperidine rings is 2. The lowest BCUT2D eigenvalue weighted by molar-refractivity contribution is -0.282. The number of ether oxygens (including phenoxy) is 2. The molecule has 7 aliphatic rings. The van der Waals surface area contributed by atoms with E-state index in [0.29, 0.717) is 48.5 Å². The lowest BCUT2D eigenvalue weighted by Gasteiger charge is -2.67. The molecule has 7 bridgehead atoms. The first kappa shape index (κ1) is 23.6. The molecule has 35 heavy (non-hydrogen) atoms. The van der Waals surface area contributed by atoms with Gasteiger partial charge >= 0.3 is 0 Å². The van der Waals surface area contributed by atoms with Crippen molar-refractivity contribution in [3.63, 3.8) is 0 Å². The Hall–Kier alpha value is -0.490. The Morgan fingerprint density at radius 1 is 1.11 bits per heavy atom. The molecule has 0 amide bonds. The van der Waals surface area contributed by atoms with E-state index in [1.54, 1.807) is 0 Å². The van der Waals surface area contributed by atoms with Gasteiger partial charge in [0, 0.05) is 25.4 Å². The van der Waals surface area contributed by atoms with E-state index in [1.807, 2.05) is 6.92 Å². The number of hydrogen-bond donors (Lipinski definition) is 1. The summed E-state index contributed by atoms with van der Waals surface area (Å²) in [7, 11) is 0. The minimum absolute atomic E-state index is 0.00740. The standard InChI is InChI=1S/C30H47NO4/c1-18(2)20-8-12-27(4)19-15-23(33)30-11-6-7-21(30)29(27,25(20)31(30)16-19)14-9-22(32)26(3)17-34-28(5)13-10-24(26)35-28/h18-21,23-25,33H,6-17H2,1-5H3/t19?,20?,21?,23?,24?,25?,26-,27-,28+,29-,30-/m0/s1. The Labute approximate surface area is 211 Å². The highest BCUT2D eigenvalue weighted by molar-refractivity contribution is 5.85. The van der Waals surface area contributed by atoms with Crippen LogP contribution >= 0.6 is 0 Å². The van der Waals surface area contributed by atoms with Gasteiger partial charge < -0.3 is 14.6 Å². The van der Waals surface area contributed by atoms with Crippen LogP contribution in [-0.4, -0.2) is 58.5 Å². The number of Topliss-reactive ketones (excluding diaryl/α,β-unsaturated/α-hetero) is 1. The summed E-state index contributed by atoms with van der Waals surface area (Å²) in [6.45, 7) is 13.2. The molecule has 2 saturated carbocycles. The van der Waals surface area contributed by atoms with E-state index in [2.05, 4.69) is 32.6 Å². The Bertz CT molecular complexity index is 937. The first-order valence-corrected chi connectivity index (χ1v) is 14.8. The Balaban J connectivity index is 1.27. The average molecular weight is 486 g/mol. The van der Waals surface area contributed by atoms with Gasteiger partial charge in [-0.1, -0.05) is 27.2 Å². The molecule has 0 aromatic carbocycles. The van der Waals surface area contributed by atoms with Crippen molar-refractivity contribution in [3.8, 4) is 0 Å². The molecule has 1 N–H and O–H groups in total. The topological polar surface area (TPSA) is 59.0 Å². The molecule has 5 saturated heterocycles. The van der Waals surface area contributed by atoms with E-state index in [1.165, 1.54) is 32.2 Å². The molecule has 0 aromatic rings. The first-order valence-electron chi connectivity index (χ1n) is 14.8. The van der Waals surface area contributed by atoms with Crippen LogP contribution in [0.5, 0.6) is 0 Å². The van der Waals surface area contributed by atoms with Gasteiger partial charge in [0.1, 0.15) is 5.78 Å². The fourth-order valence-electron chi connectivity index (χ4n) is 11.6. The van der Waals surface area contributed by atoms with Crippen molar-refractivity contribution in [1.29, 1.82) is 0 Å². The van der Waals surface area contributed by atoms with Crippen molar-refractivity contribution in [2.24, 2.45) is 39.9 Å². The number of nitrogens with zero attached hydrogens (tertiary/aromatic N) is 1. The molecule has 0 aromatic heterocycles. The lowest BCUT2D eigenvalue weighted by atomic mass is 9.42. The first-order chi connectivity index (χ1) is 16.5. The largest absolute Gasteiger partial charge is 0.391 e. The third-order valence-corrected chi connectivity index (χ3v) is 13.5.